The number of aromatic nitrogens is 1. The Morgan fingerprint density at radius 2 is 2.09 bits per heavy atom. The third-order valence-electron chi connectivity index (χ3n) is 3.21. The highest BCUT2D eigenvalue weighted by Crippen LogP contribution is 2.16. The molecule has 1 N–H and O–H groups in total. The average molecular weight is 336 g/mol. The second kappa shape index (κ2) is 9.25. The van der Waals surface area contributed by atoms with Crippen LogP contribution in [0.3, 0.4) is 0 Å². The van der Waals surface area contributed by atoms with Gasteiger partial charge in [-0.2, -0.15) is 0 Å². The molecule has 2 rings (SSSR count). The van der Waals surface area contributed by atoms with Crippen LogP contribution in [0, 0.1) is 6.92 Å². The Labute approximate surface area is 139 Å². The lowest BCUT2D eigenvalue weighted by atomic mass is 10.2. The Morgan fingerprint density at radius 1 is 1.30 bits per heavy atom. The summed E-state index contributed by atoms with van der Waals surface area (Å²) in [5, 5.41) is 5.47. The molecule has 6 heteroatoms. The van der Waals surface area contributed by atoms with Gasteiger partial charge < -0.3 is 10.1 Å². The molecule has 0 fully saturated rings. The van der Waals surface area contributed by atoms with Gasteiger partial charge in [0.15, 0.2) is 0 Å². The first kappa shape index (κ1) is 17.4. The Kier molecular flexibility index (Phi) is 7.00. The minimum absolute atomic E-state index is 0.0832. The van der Waals surface area contributed by atoms with Crippen molar-refractivity contribution in [1.82, 2.24) is 10.3 Å². The molecule has 0 aliphatic rings. The Bertz CT molecular complexity index is 613. The number of unbranched alkanes of at least 4 members (excludes halogenated alkanes) is 1. The van der Waals surface area contributed by atoms with Crippen LogP contribution in [0.5, 0.6) is 5.75 Å². The highest BCUT2D eigenvalue weighted by Gasteiger charge is 2.08. The van der Waals surface area contributed by atoms with Crippen molar-refractivity contribution in [1.29, 1.82) is 0 Å². The van der Waals surface area contributed by atoms with Crippen LogP contribution in [-0.4, -0.2) is 24.1 Å². The number of rotatable bonds is 9. The van der Waals surface area contributed by atoms with Crippen LogP contribution in [0.25, 0.3) is 0 Å². The predicted octanol–water partition coefficient (Wildman–Crippen LogP) is 3.44. The molecular weight excluding hydrogens is 315 g/mol. The summed E-state index contributed by atoms with van der Waals surface area (Å²) < 4.78 is 17.6. The largest absolute Gasteiger partial charge is 0.486 e. The maximum absolute atomic E-state index is 11.9. The Balaban J connectivity index is 1.74. The molecular formula is C17H21FN2O2S. The van der Waals surface area contributed by atoms with Gasteiger partial charge in [-0.15, -0.1) is 11.3 Å². The highest BCUT2D eigenvalue weighted by atomic mass is 32.1. The first-order valence-electron chi connectivity index (χ1n) is 7.63. The van der Waals surface area contributed by atoms with Gasteiger partial charge >= 0.3 is 0 Å². The summed E-state index contributed by atoms with van der Waals surface area (Å²) in [6, 6.07) is 7.84. The smallest absolute Gasteiger partial charge is 0.226 e. The zero-order chi connectivity index (χ0) is 16.5. The van der Waals surface area contributed by atoms with Crippen molar-refractivity contribution in [2.75, 3.05) is 13.2 Å². The standard InChI is InChI=1S/C17H21FN2O2S/c1-13-4-6-15(7-5-13)22-11-17-20-14(12-23-17)10-16(21)19-9-3-2-8-18/h4-7,12H,2-3,8-11H2,1H3,(H,19,21). The van der Waals surface area contributed by atoms with Crippen molar-refractivity contribution in [2.24, 2.45) is 0 Å². The number of alkyl halides is 1. The van der Waals surface area contributed by atoms with Gasteiger partial charge in [0.1, 0.15) is 17.4 Å². The number of thiazole rings is 1. The van der Waals surface area contributed by atoms with E-state index in [9.17, 15) is 9.18 Å². The highest BCUT2D eigenvalue weighted by molar-refractivity contribution is 7.09. The molecule has 1 amide bonds. The number of amides is 1. The molecule has 2 aromatic rings. The fourth-order valence-electron chi connectivity index (χ4n) is 1.95. The summed E-state index contributed by atoms with van der Waals surface area (Å²) >= 11 is 1.48. The van der Waals surface area contributed by atoms with Gasteiger partial charge in [0.05, 0.1) is 18.8 Å². The summed E-state index contributed by atoms with van der Waals surface area (Å²) in [5.41, 5.74) is 1.92. The molecule has 0 spiro atoms. The van der Waals surface area contributed by atoms with E-state index in [1.165, 1.54) is 16.9 Å². The number of carbonyl (C=O) groups is 1. The molecule has 1 heterocycles. The Morgan fingerprint density at radius 3 is 2.83 bits per heavy atom. The van der Waals surface area contributed by atoms with E-state index in [-0.39, 0.29) is 19.0 Å². The van der Waals surface area contributed by atoms with Crippen molar-refractivity contribution in [3.05, 3.63) is 45.9 Å². The first-order chi connectivity index (χ1) is 11.2. The number of hydrogen-bond acceptors (Lipinski definition) is 4. The second-order valence-electron chi connectivity index (χ2n) is 5.26. The predicted molar refractivity (Wildman–Crippen MR) is 89.5 cm³/mol. The SMILES string of the molecule is Cc1ccc(OCc2nc(CC(=O)NCCCCF)cs2)cc1. The normalized spacial score (nSPS) is 10.5. The van der Waals surface area contributed by atoms with Crippen LogP contribution in [-0.2, 0) is 17.8 Å². The number of halogens is 1. The van der Waals surface area contributed by atoms with Gasteiger partial charge in [-0.1, -0.05) is 17.7 Å². The topological polar surface area (TPSA) is 51.2 Å². The van der Waals surface area contributed by atoms with Crippen molar-refractivity contribution >= 4 is 17.2 Å². The van der Waals surface area contributed by atoms with Crippen LogP contribution < -0.4 is 10.1 Å². The van der Waals surface area contributed by atoms with E-state index in [2.05, 4.69) is 10.3 Å². The van der Waals surface area contributed by atoms with Gasteiger partial charge in [0.2, 0.25) is 5.91 Å². The quantitative estimate of drug-likeness (QED) is 0.714. The maximum Gasteiger partial charge on any atom is 0.226 e. The van der Waals surface area contributed by atoms with Crippen molar-refractivity contribution in [3.63, 3.8) is 0 Å². The third kappa shape index (κ3) is 6.36. The van der Waals surface area contributed by atoms with Crippen LogP contribution in [0.1, 0.15) is 29.1 Å². The lowest BCUT2D eigenvalue weighted by molar-refractivity contribution is -0.120. The van der Waals surface area contributed by atoms with Crippen LogP contribution in [0.15, 0.2) is 29.6 Å². The van der Waals surface area contributed by atoms with E-state index in [0.717, 1.165) is 16.5 Å². The van der Waals surface area contributed by atoms with Crippen molar-refractivity contribution in [3.8, 4) is 5.75 Å². The van der Waals surface area contributed by atoms with Gasteiger partial charge in [0.25, 0.3) is 0 Å². The molecule has 1 aromatic carbocycles. The van der Waals surface area contributed by atoms with E-state index >= 15 is 0 Å². The monoisotopic (exact) mass is 336 g/mol. The lowest BCUT2D eigenvalue weighted by Crippen LogP contribution is -2.26. The molecule has 0 bridgehead atoms. The molecule has 0 aliphatic carbocycles. The summed E-state index contributed by atoms with van der Waals surface area (Å²) in [5.74, 6) is 0.720. The summed E-state index contributed by atoms with van der Waals surface area (Å²) in [6.45, 7) is 2.59. The lowest BCUT2D eigenvalue weighted by Gasteiger charge is -2.04. The van der Waals surface area contributed by atoms with Crippen molar-refractivity contribution < 1.29 is 13.9 Å². The summed E-state index contributed by atoms with van der Waals surface area (Å²) in [7, 11) is 0. The van der Waals surface area contributed by atoms with Gasteiger partial charge in [0, 0.05) is 11.9 Å². The Hall–Kier alpha value is -1.95. The summed E-state index contributed by atoms with van der Waals surface area (Å²) in [6.07, 6.45) is 1.39. The zero-order valence-corrected chi connectivity index (χ0v) is 14.0. The van der Waals surface area contributed by atoms with Gasteiger partial charge in [-0.05, 0) is 31.9 Å². The number of ether oxygens (including phenoxy) is 1. The molecule has 0 saturated carbocycles. The third-order valence-corrected chi connectivity index (χ3v) is 4.08. The molecule has 124 valence electrons. The van der Waals surface area contributed by atoms with Gasteiger partial charge in [-0.3, -0.25) is 9.18 Å². The van der Waals surface area contributed by atoms with E-state index in [4.69, 9.17) is 4.74 Å². The number of hydrogen-bond donors (Lipinski definition) is 1. The average Bonchev–Trinajstić information content (AvgIpc) is 2.98. The molecule has 1 aromatic heterocycles. The van der Waals surface area contributed by atoms with Crippen LogP contribution in [0.4, 0.5) is 4.39 Å². The van der Waals surface area contributed by atoms with E-state index in [1.807, 2.05) is 36.6 Å². The van der Waals surface area contributed by atoms with Crippen LogP contribution >= 0.6 is 11.3 Å². The molecule has 0 radical (unpaired) electrons. The molecule has 0 atom stereocenters. The van der Waals surface area contributed by atoms with Crippen molar-refractivity contribution in [2.45, 2.75) is 32.8 Å². The number of nitrogens with one attached hydrogen (secondary N) is 1. The second-order valence-corrected chi connectivity index (χ2v) is 6.20. The maximum atomic E-state index is 11.9. The van der Waals surface area contributed by atoms with E-state index in [0.29, 0.717) is 26.0 Å². The fraction of sp³-hybridized carbons (Fsp3) is 0.412. The number of benzene rings is 1. The minimum Gasteiger partial charge on any atom is -0.486 e. The molecule has 23 heavy (non-hydrogen) atoms. The number of aryl methyl sites for hydroxylation is 1. The fourth-order valence-corrected chi connectivity index (χ4v) is 2.66. The number of carbonyl (C=O) groups excluding carboxylic acids is 1. The zero-order valence-electron chi connectivity index (χ0n) is 13.2. The number of nitrogens with zero attached hydrogens (tertiary/aromatic N) is 1. The first-order valence-corrected chi connectivity index (χ1v) is 8.51. The minimum atomic E-state index is -0.341. The molecule has 0 saturated heterocycles. The summed E-state index contributed by atoms with van der Waals surface area (Å²) in [4.78, 5) is 16.1. The van der Waals surface area contributed by atoms with Crippen LogP contribution in [0.2, 0.25) is 0 Å². The van der Waals surface area contributed by atoms with E-state index < -0.39 is 0 Å². The molecule has 0 unspecified atom stereocenters. The van der Waals surface area contributed by atoms with E-state index in [1.54, 1.807) is 0 Å². The molecule has 4 nitrogen and oxygen atoms in total. The molecule has 0 aliphatic heterocycles. The van der Waals surface area contributed by atoms with Gasteiger partial charge in [-0.25, -0.2) is 4.98 Å².